The molecule has 3 nitrogen and oxygen atoms in total. The van der Waals surface area contributed by atoms with Crippen LogP contribution in [0.2, 0.25) is 0 Å². The van der Waals surface area contributed by atoms with E-state index >= 15 is 0 Å². The summed E-state index contributed by atoms with van der Waals surface area (Å²) in [7, 11) is 0. The zero-order chi connectivity index (χ0) is 14.1. The highest BCUT2D eigenvalue weighted by atomic mass is 32.1. The first-order chi connectivity index (χ1) is 9.61. The molecule has 0 atom stereocenters. The van der Waals surface area contributed by atoms with Crippen LogP contribution in [-0.2, 0) is 0 Å². The maximum atomic E-state index is 13.1. The number of nitrogens with zero attached hydrogens (tertiary/aromatic N) is 1. The van der Waals surface area contributed by atoms with Crippen LogP contribution in [0.1, 0.15) is 15.9 Å². The van der Waals surface area contributed by atoms with Crippen molar-refractivity contribution in [2.45, 2.75) is 6.92 Å². The van der Waals surface area contributed by atoms with Crippen molar-refractivity contribution in [3.05, 3.63) is 59.4 Å². The third kappa shape index (κ3) is 2.53. The van der Waals surface area contributed by atoms with Gasteiger partial charge in [0.1, 0.15) is 5.82 Å². The fourth-order valence-corrected chi connectivity index (χ4v) is 2.67. The second-order valence-electron chi connectivity index (χ2n) is 4.45. The smallest absolute Gasteiger partial charge is 0.257 e. The third-order valence-corrected chi connectivity index (χ3v) is 3.84. The lowest BCUT2D eigenvalue weighted by Crippen LogP contribution is -2.11. The number of rotatable bonds is 2. The topological polar surface area (TPSA) is 42.0 Å². The molecule has 0 saturated heterocycles. The van der Waals surface area contributed by atoms with E-state index in [0.717, 1.165) is 10.3 Å². The summed E-state index contributed by atoms with van der Waals surface area (Å²) in [6.45, 7) is 1.96. The molecular weight excluding hydrogens is 275 g/mol. The van der Waals surface area contributed by atoms with Crippen molar-refractivity contribution < 1.29 is 9.18 Å². The molecular formula is C15H11FN2OS. The lowest BCUT2D eigenvalue weighted by molar-refractivity contribution is 0.102. The van der Waals surface area contributed by atoms with Gasteiger partial charge < -0.3 is 0 Å². The highest BCUT2D eigenvalue weighted by molar-refractivity contribution is 7.22. The molecule has 0 radical (unpaired) electrons. The van der Waals surface area contributed by atoms with Crippen LogP contribution in [0.3, 0.4) is 0 Å². The van der Waals surface area contributed by atoms with E-state index in [2.05, 4.69) is 10.3 Å². The molecule has 1 N–H and O–H groups in total. The van der Waals surface area contributed by atoms with E-state index in [1.54, 1.807) is 18.2 Å². The molecule has 0 bridgehead atoms. The minimum absolute atomic E-state index is 0.218. The first kappa shape index (κ1) is 12.7. The van der Waals surface area contributed by atoms with E-state index in [4.69, 9.17) is 0 Å². The first-order valence-corrected chi connectivity index (χ1v) is 6.87. The number of carbonyl (C=O) groups excluding carboxylic acids is 1. The van der Waals surface area contributed by atoms with Crippen molar-refractivity contribution in [3.8, 4) is 0 Å². The largest absolute Gasteiger partial charge is 0.298 e. The Morgan fingerprint density at radius 2 is 1.95 bits per heavy atom. The van der Waals surface area contributed by atoms with Gasteiger partial charge in [0.05, 0.1) is 10.2 Å². The van der Waals surface area contributed by atoms with Crippen LogP contribution in [0.5, 0.6) is 0 Å². The lowest BCUT2D eigenvalue weighted by atomic mass is 10.1. The van der Waals surface area contributed by atoms with Gasteiger partial charge in [-0.25, -0.2) is 9.37 Å². The fourth-order valence-electron chi connectivity index (χ4n) is 1.83. The Kier molecular flexibility index (Phi) is 3.20. The number of hydrogen-bond acceptors (Lipinski definition) is 3. The standard InChI is InChI=1S/C15H11FN2OS/c1-9-2-4-10(5-3-9)14(19)18-15-17-12-8-11(16)6-7-13(12)20-15/h2-8H,1H3,(H,17,18,19). The Bertz CT molecular complexity index is 780. The van der Waals surface area contributed by atoms with E-state index in [0.29, 0.717) is 16.2 Å². The number of benzene rings is 2. The number of thiazole rings is 1. The normalized spacial score (nSPS) is 10.7. The highest BCUT2D eigenvalue weighted by Crippen LogP contribution is 2.26. The number of amides is 1. The zero-order valence-corrected chi connectivity index (χ0v) is 11.5. The second-order valence-corrected chi connectivity index (χ2v) is 5.48. The average molecular weight is 286 g/mol. The van der Waals surface area contributed by atoms with Gasteiger partial charge in [-0.15, -0.1) is 0 Å². The first-order valence-electron chi connectivity index (χ1n) is 6.06. The Morgan fingerprint density at radius 3 is 2.70 bits per heavy atom. The quantitative estimate of drug-likeness (QED) is 0.773. The SMILES string of the molecule is Cc1ccc(C(=O)Nc2nc3cc(F)ccc3s2)cc1. The molecule has 3 aromatic rings. The summed E-state index contributed by atoms with van der Waals surface area (Å²) < 4.78 is 13.9. The average Bonchev–Trinajstić information content (AvgIpc) is 2.80. The lowest BCUT2D eigenvalue weighted by Gasteiger charge is -2.01. The minimum Gasteiger partial charge on any atom is -0.298 e. The van der Waals surface area contributed by atoms with Gasteiger partial charge in [-0.1, -0.05) is 29.0 Å². The number of anilines is 1. The summed E-state index contributed by atoms with van der Waals surface area (Å²) in [6.07, 6.45) is 0. The predicted molar refractivity (Wildman–Crippen MR) is 78.7 cm³/mol. The molecule has 1 heterocycles. The number of carbonyl (C=O) groups is 1. The summed E-state index contributed by atoms with van der Waals surface area (Å²) in [5, 5.41) is 3.20. The van der Waals surface area contributed by atoms with Crippen molar-refractivity contribution >= 4 is 32.6 Å². The van der Waals surface area contributed by atoms with Crippen LogP contribution in [0.4, 0.5) is 9.52 Å². The summed E-state index contributed by atoms with van der Waals surface area (Å²) in [5.41, 5.74) is 2.22. The van der Waals surface area contributed by atoms with Crippen molar-refractivity contribution in [2.75, 3.05) is 5.32 Å². The number of aryl methyl sites for hydroxylation is 1. The number of fused-ring (bicyclic) bond motifs is 1. The molecule has 0 fully saturated rings. The van der Waals surface area contributed by atoms with Crippen LogP contribution < -0.4 is 5.32 Å². The summed E-state index contributed by atoms with van der Waals surface area (Å²) in [4.78, 5) is 16.3. The highest BCUT2D eigenvalue weighted by Gasteiger charge is 2.10. The monoisotopic (exact) mass is 286 g/mol. The zero-order valence-electron chi connectivity index (χ0n) is 10.7. The second kappa shape index (κ2) is 5.02. The van der Waals surface area contributed by atoms with Gasteiger partial charge in [-0.3, -0.25) is 10.1 Å². The number of hydrogen-bond donors (Lipinski definition) is 1. The number of aromatic nitrogens is 1. The van der Waals surface area contributed by atoms with Crippen molar-refractivity contribution in [2.24, 2.45) is 0 Å². The fraction of sp³-hybridized carbons (Fsp3) is 0.0667. The van der Waals surface area contributed by atoms with Crippen molar-refractivity contribution in [1.82, 2.24) is 4.98 Å². The van der Waals surface area contributed by atoms with Crippen LogP contribution in [0.15, 0.2) is 42.5 Å². The van der Waals surface area contributed by atoms with Gasteiger partial charge in [-0.05, 0) is 31.2 Å². The van der Waals surface area contributed by atoms with E-state index in [1.807, 2.05) is 19.1 Å². The molecule has 0 aliphatic rings. The molecule has 1 aromatic heterocycles. The summed E-state index contributed by atoms with van der Waals surface area (Å²) in [6, 6.07) is 11.7. The molecule has 0 unspecified atom stereocenters. The van der Waals surface area contributed by atoms with E-state index in [9.17, 15) is 9.18 Å². The molecule has 0 spiro atoms. The van der Waals surface area contributed by atoms with E-state index in [1.165, 1.54) is 23.5 Å². The van der Waals surface area contributed by atoms with Gasteiger partial charge in [0.15, 0.2) is 5.13 Å². The number of nitrogens with one attached hydrogen (secondary N) is 1. The van der Waals surface area contributed by atoms with Gasteiger partial charge in [0, 0.05) is 11.6 Å². The molecule has 1 amide bonds. The maximum absolute atomic E-state index is 13.1. The summed E-state index contributed by atoms with van der Waals surface area (Å²) in [5.74, 6) is -0.552. The Balaban J connectivity index is 1.85. The van der Waals surface area contributed by atoms with E-state index in [-0.39, 0.29) is 11.7 Å². The Morgan fingerprint density at radius 1 is 1.20 bits per heavy atom. The van der Waals surface area contributed by atoms with Gasteiger partial charge in [-0.2, -0.15) is 0 Å². The van der Waals surface area contributed by atoms with Gasteiger partial charge in [0.25, 0.3) is 5.91 Å². The maximum Gasteiger partial charge on any atom is 0.257 e. The molecule has 0 aliphatic carbocycles. The molecule has 100 valence electrons. The number of halogens is 1. The van der Waals surface area contributed by atoms with Crippen LogP contribution in [-0.4, -0.2) is 10.9 Å². The van der Waals surface area contributed by atoms with Gasteiger partial charge >= 0.3 is 0 Å². The molecule has 3 rings (SSSR count). The Labute approximate surface area is 119 Å². The predicted octanol–water partition coefficient (Wildman–Crippen LogP) is 4.00. The minimum atomic E-state index is -0.334. The molecule has 2 aromatic carbocycles. The van der Waals surface area contributed by atoms with Crippen LogP contribution in [0.25, 0.3) is 10.2 Å². The van der Waals surface area contributed by atoms with Crippen LogP contribution in [0, 0.1) is 12.7 Å². The molecule has 20 heavy (non-hydrogen) atoms. The summed E-state index contributed by atoms with van der Waals surface area (Å²) >= 11 is 1.32. The van der Waals surface area contributed by atoms with Crippen molar-refractivity contribution in [1.29, 1.82) is 0 Å². The third-order valence-electron chi connectivity index (χ3n) is 2.88. The Hall–Kier alpha value is -2.27. The molecule has 5 heteroatoms. The van der Waals surface area contributed by atoms with Gasteiger partial charge in [0.2, 0.25) is 0 Å². The van der Waals surface area contributed by atoms with Crippen molar-refractivity contribution in [3.63, 3.8) is 0 Å². The van der Waals surface area contributed by atoms with E-state index < -0.39 is 0 Å². The molecule has 0 saturated carbocycles. The van der Waals surface area contributed by atoms with Crippen LogP contribution >= 0.6 is 11.3 Å². The molecule has 0 aliphatic heterocycles.